The van der Waals surface area contributed by atoms with Crippen LogP contribution in [-0.4, -0.2) is 36.0 Å². The van der Waals surface area contributed by atoms with Gasteiger partial charge in [0.25, 0.3) is 5.69 Å². The lowest BCUT2D eigenvalue weighted by Crippen LogP contribution is -2.22. The molecule has 4 N–H and O–H groups in total. The van der Waals surface area contributed by atoms with Crippen molar-refractivity contribution in [1.82, 2.24) is 4.90 Å². The van der Waals surface area contributed by atoms with Crippen molar-refractivity contribution < 1.29 is 4.92 Å². The zero-order chi connectivity index (χ0) is 14.5. The van der Waals surface area contributed by atoms with Gasteiger partial charge in [0.15, 0.2) is 0 Å². The molecular weight excluding hydrogens is 258 g/mol. The van der Waals surface area contributed by atoms with Crippen LogP contribution in [0, 0.1) is 16.0 Å². The van der Waals surface area contributed by atoms with E-state index in [1.165, 1.54) is 12.1 Å². The third-order valence-corrected chi connectivity index (χ3v) is 3.71. The summed E-state index contributed by atoms with van der Waals surface area (Å²) in [6, 6.07) is 4.73. The van der Waals surface area contributed by atoms with Gasteiger partial charge in [-0.2, -0.15) is 0 Å². The third kappa shape index (κ3) is 3.58. The van der Waals surface area contributed by atoms with Crippen molar-refractivity contribution in [3.05, 3.63) is 28.3 Å². The Labute approximate surface area is 118 Å². The molecule has 20 heavy (non-hydrogen) atoms. The first-order valence-electron chi connectivity index (χ1n) is 6.84. The number of nitrogens with zero attached hydrogens (tertiary/aromatic N) is 2. The molecule has 1 unspecified atom stereocenters. The Morgan fingerprint density at radius 1 is 1.45 bits per heavy atom. The Kier molecular flexibility index (Phi) is 4.75. The van der Waals surface area contributed by atoms with Gasteiger partial charge in [0.2, 0.25) is 0 Å². The summed E-state index contributed by atoms with van der Waals surface area (Å²) in [6.07, 6.45) is 1.16. The number of nitrogen functional groups attached to an aromatic ring is 1. The van der Waals surface area contributed by atoms with Crippen LogP contribution in [0.15, 0.2) is 18.2 Å². The van der Waals surface area contributed by atoms with Gasteiger partial charge in [-0.05, 0) is 31.5 Å². The first-order valence-corrected chi connectivity index (χ1v) is 6.84. The summed E-state index contributed by atoms with van der Waals surface area (Å²) in [5, 5.41) is 14.1. The number of non-ortho nitro benzene ring substituents is 1. The SMILES string of the molecule is CCN1CCC(CNc2cc(NN)cc([N+](=O)[O-])c2)C1. The molecule has 1 heterocycles. The van der Waals surface area contributed by atoms with Gasteiger partial charge in [0, 0.05) is 30.9 Å². The number of hydrogen-bond donors (Lipinski definition) is 3. The minimum atomic E-state index is -0.416. The molecule has 1 aromatic carbocycles. The van der Waals surface area contributed by atoms with Crippen LogP contribution in [-0.2, 0) is 0 Å². The maximum absolute atomic E-state index is 10.9. The molecule has 7 nitrogen and oxygen atoms in total. The fraction of sp³-hybridized carbons (Fsp3) is 0.538. The predicted octanol–water partition coefficient (Wildman–Crippen LogP) is 1.63. The molecule has 1 saturated heterocycles. The zero-order valence-corrected chi connectivity index (χ0v) is 11.6. The molecule has 2 rings (SSSR count). The Morgan fingerprint density at radius 3 is 2.80 bits per heavy atom. The fourth-order valence-electron chi connectivity index (χ4n) is 2.53. The molecule has 1 atom stereocenters. The second-order valence-electron chi connectivity index (χ2n) is 5.10. The molecule has 1 aliphatic rings. The van der Waals surface area contributed by atoms with E-state index in [9.17, 15) is 10.1 Å². The Morgan fingerprint density at radius 2 is 2.20 bits per heavy atom. The van der Waals surface area contributed by atoms with Gasteiger partial charge < -0.3 is 15.6 Å². The van der Waals surface area contributed by atoms with Gasteiger partial charge in [0.05, 0.1) is 10.6 Å². The van der Waals surface area contributed by atoms with E-state index in [2.05, 4.69) is 22.6 Å². The Bertz CT molecular complexity index is 480. The van der Waals surface area contributed by atoms with Crippen LogP contribution in [0.3, 0.4) is 0 Å². The first kappa shape index (κ1) is 14.5. The number of nitrogens with two attached hydrogens (primary N) is 1. The molecule has 0 aliphatic carbocycles. The first-order chi connectivity index (χ1) is 9.62. The van der Waals surface area contributed by atoms with Crippen LogP contribution in [0.5, 0.6) is 0 Å². The standard InChI is InChI=1S/C13H21N5O2/c1-2-17-4-3-10(9-17)8-15-11-5-12(16-14)7-13(6-11)18(19)20/h5-7,10,15-16H,2-4,8-9,14H2,1H3. The molecule has 0 aromatic heterocycles. The van der Waals surface area contributed by atoms with Crippen LogP contribution < -0.4 is 16.6 Å². The molecule has 110 valence electrons. The van der Waals surface area contributed by atoms with E-state index in [0.29, 0.717) is 11.6 Å². The highest BCUT2D eigenvalue weighted by atomic mass is 16.6. The van der Waals surface area contributed by atoms with Crippen LogP contribution in [0.2, 0.25) is 0 Å². The van der Waals surface area contributed by atoms with Crippen molar-refractivity contribution in [1.29, 1.82) is 0 Å². The highest BCUT2D eigenvalue weighted by Crippen LogP contribution is 2.24. The summed E-state index contributed by atoms with van der Waals surface area (Å²) >= 11 is 0. The van der Waals surface area contributed by atoms with Crippen molar-refractivity contribution >= 4 is 17.1 Å². The summed E-state index contributed by atoms with van der Waals surface area (Å²) in [7, 11) is 0. The molecule has 1 aromatic rings. The molecule has 0 saturated carbocycles. The Balaban J connectivity index is 1.98. The number of likely N-dealkylation sites (tertiary alicyclic amines) is 1. The van der Waals surface area contributed by atoms with Crippen molar-refractivity contribution in [2.24, 2.45) is 11.8 Å². The second-order valence-corrected chi connectivity index (χ2v) is 5.10. The molecule has 1 aliphatic heterocycles. The van der Waals surface area contributed by atoms with E-state index >= 15 is 0 Å². The Hall–Kier alpha value is -1.86. The largest absolute Gasteiger partial charge is 0.384 e. The highest BCUT2D eigenvalue weighted by Gasteiger charge is 2.21. The number of nitrogens with one attached hydrogen (secondary N) is 2. The molecule has 0 bridgehead atoms. The molecule has 1 fully saturated rings. The topological polar surface area (TPSA) is 96.5 Å². The number of rotatable bonds is 6. The van der Waals surface area contributed by atoms with E-state index in [-0.39, 0.29) is 5.69 Å². The summed E-state index contributed by atoms with van der Waals surface area (Å²) < 4.78 is 0. The number of anilines is 2. The number of nitro groups is 1. The van der Waals surface area contributed by atoms with Crippen molar-refractivity contribution in [2.45, 2.75) is 13.3 Å². The van der Waals surface area contributed by atoms with Crippen LogP contribution in [0.25, 0.3) is 0 Å². The third-order valence-electron chi connectivity index (χ3n) is 3.71. The zero-order valence-electron chi connectivity index (χ0n) is 11.6. The number of hydrogen-bond acceptors (Lipinski definition) is 6. The molecule has 0 spiro atoms. The van der Waals surface area contributed by atoms with Gasteiger partial charge in [-0.15, -0.1) is 0 Å². The highest BCUT2D eigenvalue weighted by molar-refractivity contribution is 5.63. The van der Waals surface area contributed by atoms with E-state index in [4.69, 9.17) is 5.84 Å². The maximum atomic E-state index is 10.9. The van der Waals surface area contributed by atoms with Crippen LogP contribution in [0.1, 0.15) is 13.3 Å². The number of benzene rings is 1. The molecular formula is C13H21N5O2. The maximum Gasteiger partial charge on any atom is 0.273 e. The summed E-state index contributed by atoms with van der Waals surface area (Å²) in [4.78, 5) is 12.9. The molecule has 0 amide bonds. The van der Waals surface area contributed by atoms with Gasteiger partial charge in [0.1, 0.15) is 0 Å². The quantitative estimate of drug-likeness (QED) is 0.416. The summed E-state index contributed by atoms with van der Waals surface area (Å²) in [6.45, 7) is 6.28. The lowest BCUT2D eigenvalue weighted by molar-refractivity contribution is -0.384. The van der Waals surface area contributed by atoms with Gasteiger partial charge in [-0.1, -0.05) is 6.92 Å². The number of nitro benzene ring substituents is 1. The van der Waals surface area contributed by atoms with Gasteiger partial charge >= 0.3 is 0 Å². The summed E-state index contributed by atoms with van der Waals surface area (Å²) in [5.41, 5.74) is 3.74. The molecule has 0 radical (unpaired) electrons. The van der Waals surface area contributed by atoms with Crippen molar-refractivity contribution in [3.8, 4) is 0 Å². The predicted molar refractivity (Wildman–Crippen MR) is 79.6 cm³/mol. The average molecular weight is 279 g/mol. The lowest BCUT2D eigenvalue weighted by atomic mass is 10.1. The van der Waals surface area contributed by atoms with E-state index < -0.39 is 4.92 Å². The van der Waals surface area contributed by atoms with E-state index in [1.807, 2.05) is 0 Å². The van der Waals surface area contributed by atoms with E-state index in [1.54, 1.807) is 6.07 Å². The van der Waals surface area contributed by atoms with E-state index in [0.717, 1.165) is 38.3 Å². The summed E-state index contributed by atoms with van der Waals surface area (Å²) in [5.74, 6) is 5.92. The average Bonchev–Trinajstić information content (AvgIpc) is 2.92. The minimum absolute atomic E-state index is 0.0320. The fourth-order valence-corrected chi connectivity index (χ4v) is 2.53. The lowest BCUT2D eigenvalue weighted by Gasteiger charge is -2.15. The molecule has 7 heteroatoms. The monoisotopic (exact) mass is 279 g/mol. The van der Waals surface area contributed by atoms with Gasteiger partial charge in [-0.3, -0.25) is 16.0 Å². The minimum Gasteiger partial charge on any atom is -0.384 e. The van der Waals surface area contributed by atoms with Crippen molar-refractivity contribution in [2.75, 3.05) is 36.9 Å². The van der Waals surface area contributed by atoms with Crippen molar-refractivity contribution in [3.63, 3.8) is 0 Å². The van der Waals surface area contributed by atoms with Crippen LogP contribution in [0.4, 0.5) is 17.1 Å². The second kappa shape index (κ2) is 6.53. The van der Waals surface area contributed by atoms with Crippen LogP contribution >= 0.6 is 0 Å². The normalized spacial score (nSPS) is 19.0. The van der Waals surface area contributed by atoms with Gasteiger partial charge in [-0.25, -0.2) is 0 Å². The smallest absolute Gasteiger partial charge is 0.273 e. The number of hydrazine groups is 1.